The molecule has 0 aliphatic heterocycles. The number of aliphatic carboxylic acids is 1. The Hall–Kier alpha value is -1.63. The van der Waals surface area contributed by atoms with Crippen molar-refractivity contribution in [2.75, 3.05) is 20.1 Å². The van der Waals surface area contributed by atoms with E-state index in [9.17, 15) is 14.4 Å². The highest BCUT2D eigenvalue weighted by Crippen LogP contribution is 2.18. The lowest BCUT2D eigenvalue weighted by Gasteiger charge is -2.26. The van der Waals surface area contributed by atoms with Crippen LogP contribution in [0.25, 0.3) is 0 Å². The average molecular weight is 285 g/mol. The first-order valence-corrected chi connectivity index (χ1v) is 6.80. The average Bonchev–Trinajstić information content (AvgIpc) is 3.18. The first kappa shape index (κ1) is 16.4. The van der Waals surface area contributed by atoms with Gasteiger partial charge in [-0.15, -0.1) is 0 Å². The van der Waals surface area contributed by atoms with Crippen LogP contribution >= 0.6 is 0 Å². The molecule has 0 aromatic heterocycles. The van der Waals surface area contributed by atoms with Gasteiger partial charge in [-0.3, -0.25) is 19.7 Å². The van der Waals surface area contributed by atoms with Crippen LogP contribution < -0.4 is 10.6 Å². The van der Waals surface area contributed by atoms with Crippen LogP contribution in [-0.2, 0) is 14.4 Å². The van der Waals surface area contributed by atoms with Crippen LogP contribution in [0.5, 0.6) is 0 Å². The molecule has 0 aromatic carbocycles. The van der Waals surface area contributed by atoms with Gasteiger partial charge in [-0.2, -0.15) is 0 Å². The number of rotatable bonds is 8. The minimum atomic E-state index is -1.13. The van der Waals surface area contributed by atoms with Gasteiger partial charge in [-0.1, -0.05) is 6.92 Å². The van der Waals surface area contributed by atoms with Crippen molar-refractivity contribution in [3.63, 3.8) is 0 Å². The smallest absolute Gasteiger partial charge is 0.323 e. The van der Waals surface area contributed by atoms with Crippen LogP contribution in [0.4, 0.5) is 0 Å². The van der Waals surface area contributed by atoms with Crippen molar-refractivity contribution in [2.24, 2.45) is 0 Å². The third-order valence-electron chi connectivity index (χ3n) is 3.56. The van der Waals surface area contributed by atoms with Gasteiger partial charge in [0, 0.05) is 13.1 Å². The minimum Gasteiger partial charge on any atom is -0.480 e. The van der Waals surface area contributed by atoms with Crippen molar-refractivity contribution in [3.8, 4) is 0 Å². The standard InChI is InChI=1S/C13H23N3O4/c1-4-13(2,12(19)20)14-7-11(18)16(3)8-10(17)15-9-5-6-9/h9,14H,4-8H2,1-3H3,(H,15,17)(H,19,20). The highest BCUT2D eigenvalue weighted by Gasteiger charge is 2.31. The Kier molecular flexibility index (Phi) is 5.50. The molecule has 1 atom stereocenters. The second kappa shape index (κ2) is 6.69. The van der Waals surface area contributed by atoms with Crippen molar-refractivity contribution in [3.05, 3.63) is 0 Å². The van der Waals surface area contributed by atoms with E-state index in [1.807, 2.05) is 0 Å². The number of hydrogen-bond donors (Lipinski definition) is 3. The third kappa shape index (κ3) is 4.80. The van der Waals surface area contributed by atoms with Crippen molar-refractivity contribution < 1.29 is 19.5 Å². The fraction of sp³-hybridized carbons (Fsp3) is 0.769. The van der Waals surface area contributed by atoms with Crippen LogP contribution in [0.2, 0.25) is 0 Å². The van der Waals surface area contributed by atoms with Gasteiger partial charge in [0.05, 0.1) is 13.1 Å². The summed E-state index contributed by atoms with van der Waals surface area (Å²) in [6.07, 6.45) is 2.36. The highest BCUT2D eigenvalue weighted by atomic mass is 16.4. The number of amides is 2. The van der Waals surface area contributed by atoms with Crippen LogP contribution in [0.1, 0.15) is 33.1 Å². The van der Waals surface area contributed by atoms with E-state index >= 15 is 0 Å². The summed E-state index contributed by atoms with van der Waals surface area (Å²) in [7, 11) is 1.53. The molecule has 1 aliphatic carbocycles. The normalized spacial score (nSPS) is 17.1. The Morgan fingerprint density at radius 3 is 2.40 bits per heavy atom. The van der Waals surface area contributed by atoms with Crippen molar-refractivity contribution in [1.29, 1.82) is 0 Å². The summed E-state index contributed by atoms with van der Waals surface area (Å²) < 4.78 is 0. The summed E-state index contributed by atoms with van der Waals surface area (Å²) in [4.78, 5) is 35.8. The molecule has 3 N–H and O–H groups in total. The van der Waals surface area contributed by atoms with E-state index in [0.717, 1.165) is 12.8 Å². The maximum Gasteiger partial charge on any atom is 0.323 e. The molecule has 1 rings (SSSR count). The number of nitrogens with one attached hydrogen (secondary N) is 2. The molecule has 7 nitrogen and oxygen atoms in total. The Morgan fingerprint density at radius 2 is 1.95 bits per heavy atom. The maximum atomic E-state index is 11.9. The third-order valence-corrected chi connectivity index (χ3v) is 3.56. The summed E-state index contributed by atoms with van der Waals surface area (Å²) in [5, 5.41) is 14.6. The van der Waals surface area contributed by atoms with Gasteiger partial charge in [0.1, 0.15) is 5.54 Å². The molecule has 0 spiro atoms. The molecule has 0 radical (unpaired) electrons. The van der Waals surface area contributed by atoms with E-state index in [0.29, 0.717) is 6.42 Å². The molecule has 0 bridgehead atoms. The van der Waals surface area contributed by atoms with Gasteiger partial charge < -0.3 is 15.3 Å². The van der Waals surface area contributed by atoms with E-state index in [-0.39, 0.29) is 30.9 Å². The first-order chi connectivity index (χ1) is 9.28. The number of carboxylic acids is 1. The fourth-order valence-corrected chi connectivity index (χ4v) is 1.56. The van der Waals surface area contributed by atoms with Crippen LogP contribution in [0.15, 0.2) is 0 Å². The van der Waals surface area contributed by atoms with Gasteiger partial charge >= 0.3 is 5.97 Å². The van der Waals surface area contributed by atoms with Gasteiger partial charge in [-0.25, -0.2) is 0 Å². The monoisotopic (exact) mass is 285 g/mol. The Morgan fingerprint density at radius 1 is 1.35 bits per heavy atom. The zero-order valence-corrected chi connectivity index (χ0v) is 12.2. The number of carbonyl (C=O) groups is 3. The Labute approximate surface area is 118 Å². The molecule has 0 aromatic rings. The molecule has 1 saturated carbocycles. The zero-order chi connectivity index (χ0) is 15.3. The summed E-state index contributed by atoms with van der Waals surface area (Å²) in [5.41, 5.74) is -1.13. The first-order valence-electron chi connectivity index (χ1n) is 6.80. The lowest BCUT2D eigenvalue weighted by atomic mass is 9.99. The summed E-state index contributed by atoms with van der Waals surface area (Å²) >= 11 is 0. The molecule has 114 valence electrons. The van der Waals surface area contributed by atoms with Crippen molar-refractivity contribution in [1.82, 2.24) is 15.5 Å². The maximum absolute atomic E-state index is 11.9. The number of hydrogen-bond acceptors (Lipinski definition) is 4. The summed E-state index contributed by atoms with van der Waals surface area (Å²) in [5.74, 6) is -1.49. The van der Waals surface area contributed by atoms with E-state index in [1.54, 1.807) is 6.92 Å². The van der Waals surface area contributed by atoms with Crippen molar-refractivity contribution >= 4 is 17.8 Å². The van der Waals surface area contributed by atoms with Gasteiger partial charge in [0.15, 0.2) is 0 Å². The Bertz CT molecular complexity index is 395. The molecule has 0 saturated heterocycles. The molecule has 0 heterocycles. The minimum absolute atomic E-state index is 0.00702. The molecule has 1 fully saturated rings. The Balaban J connectivity index is 2.36. The molecule has 2 amide bonds. The zero-order valence-electron chi connectivity index (χ0n) is 12.2. The lowest BCUT2D eigenvalue weighted by Crippen LogP contribution is -2.53. The van der Waals surface area contributed by atoms with Crippen molar-refractivity contribution in [2.45, 2.75) is 44.7 Å². The SMILES string of the molecule is CCC(C)(NCC(=O)N(C)CC(=O)NC1CC1)C(=O)O. The van der Waals surface area contributed by atoms with Crippen LogP contribution in [0, 0.1) is 0 Å². The molecular formula is C13H23N3O4. The fourth-order valence-electron chi connectivity index (χ4n) is 1.56. The molecule has 1 aliphatic rings. The molecule has 7 heteroatoms. The van der Waals surface area contributed by atoms with Crippen LogP contribution in [-0.4, -0.2) is 59.5 Å². The van der Waals surface area contributed by atoms with E-state index in [2.05, 4.69) is 10.6 Å². The molecular weight excluding hydrogens is 262 g/mol. The summed E-state index contributed by atoms with van der Waals surface area (Å²) in [6.45, 7) is 3.15. The van der Waals surface area contributed by atoms with E-state index in [1.165, 1.54) is 18.9 Å². The van der Waals surface area contributed by atoms with Crippen LogP contribution in [0.3, 0.4) is 0 Å². The van der Waals surface area contributed by atoms with E-state index in [4.69, 9.17) is 5.11 Å². The lowest BCUT2D eigenvalue weighted by molar-refractivity contribution is -0.145. The largest absolute Gasteiger partial charge is 0.480 e. The number of nitrogens with zero attached hydrogens (tertiary/aromatic N) is 1. The van der Waals surface area contributed by atoms with Gasteiger partial charge in [-0.05, 0) is 26.2 Å². The number of carboxylic acid groups (broad SMARTS) is 1. The van der Waals surface area contributed by atoms with Gasteiger partial charge in [0.25, 0.3) is 0 Å². The second-order valence-electron chi connectivity index (χ2n) is 5.44. The van der Waals surface area contributed by atoms with E-state index < -0.39 is 11.5 Å². The number of likely N-dealkylation sites (N-methyl/N-ethyl adjacent to an activating group) is 1. The summed E-state index contributed by atoms with van der Waals surface area (Å²) in [6, 6.07) is 0.263. The predicted octanol–water partition coefficient (Wildman–Crippen LogP) is -0.434. The predicted molar refractivity (Wildman–Crippen MR) is 73.1 cm³/mol. The number of carbonyl (C=O) groups excluding carboxylic acids is 2. The topological polar surface area (TPSA) is 98.7 Å². The molecule has 1 unspecified atom stereocenters. The second-order valence-corrected chi connectivity index (χ2v) is 5.44. The quantitative estimate of drug-likeness (QED) is 0.562. The highest BCUT2D eigenvalue weighted by molar-refractivity contribution is 5.86. The van der Waals surface area contributed by atoms with Gasteiger partial charge in [0.2, 0.25) is 11.8 Å². The molecule has 20 heavy (non-hydrogen) atoms.